The number of nitrogens with one attached hydrogen (secondary N) is 1. The van der Waals surface area contributed by atoms with Gasteiger partial charge in [-0.25, -0.2) is 14.8 Å². The SMILES string of the molecule is CC(C)(C)OC(=O)N1CCOC[C@H]1c1cc(-c2cnc3[nH]cc(I)c3n2)cc2c1CN(C(=O)C(C)(O)C(F)(F)F)CC2. The number of carbonyl (C=O) groups is 2. The molecule has 2 aliphatic rings. The predicted octanol–water partition coefficient (Wildman–Crippen LogP) is 4.74. The number of aromatic amines is 1. The molecule has 1 unspecified atom stereocenters. The molecule has 2 atom stereocenters. The lowest BCUT2D eigenvalue weighted by atomic mass is 9.87. The molecule has 5 rings (SSSR count). The number of hydrogen-bond donors (Lipinski definition) is 2. The molecule has 2 aliphatic heterocycles. The minimum atomic E-state index is -5.14. The van der Waals surface area contributed by atoms with Crippen molar-refractivity contribution in [1.29, 1.82) is 0 Å². The van der Waals surface area contributed by atoms with Crippen molar-refractivity contribution in [3.8, 4) is 11.3 Å². The van der Waals surface area contributed by atoms with Crippen molar-refractivity contribution in [2.24, 2.45) is 0 Å². The second kappa shape index (κ2) is 10.9. The number of hydrogen-bond acceptors (Lipinski definition) is 7. The molecule has 2 aromatic heterocycles. The van der Waals surface area contributed by atoms with Gasteiger partial charge in [0.1, 0.15) is 11.1 Å². The molecule has 10 nitrogen and oxygen atoms in total. The standard InChI is InChI=1S/C28H31F3IN5O5/c1-26(2,3)42-25(39)37-7-8-41-14-21(37)17-10-16(20-12-34-23-22(35-20)19(32)11-33-23)9-15-5-6-36(13-18(15)17)24(38)27(4,40)28(29,30)31/h9-12,21,40H,5-8,13-14H2,1-4H3,(H,33,34)/t21-,27?/m0/s1. The Bertz CT molecular complexity index is 1530. The molecule has 0 bridgehead atoms. The normalized spacial score (nSPS) is 19.4. The van der Waals surface area contributed by atoms with E-state index < -0.39 is 35.4 Å². The smallest absolute Gasteiger partial charge is 0.426 e. The number of aromatic nitrogens is 3. The Morgan fingerprint density at radius 2 is 1.93 bits per heavy atom. The first-order valence-corrected chi connectivity index (χ1v) is 14.5. The van der Waals surface area contributed by atoms with Crippen LogP contribution in [0.3, 0.4) is 0 Å². The quantitative estimate of drug-likeness (QED) is 0.379. The van der Waals surface area contributed by atoms with Crippen LogP contribution < -0.4 is 0 Å². The first-order chi connectivity index (χ1) is 19.6. The maximum atomic E-state index is 13.5. The van der Waals surface area contributed by atoms with Crippen molar-refractivity contribution in [2.45, 2.75) is 64.1 Å². The van der Waals surface area contributed by atoms with Gasteiger partial charge in [-0.15, -0.1) is 0 Å². The van der Waals surface area contributed by atoms with E-state index in [1.54, 1.807) is 38.1 Å². The Labute approximate surface area is 253 Å². The third-order valence-corrected chi connectivity index (χ3v) is 8.20. The highest BCUT2D eigenvalue weighted by atomic mass is 127. The molecule has 42 heavy (non-hydrogen) atoms. The van der Waals surface area contributed by atoms with Crippen molar-refractivity contribution >= 4 is 45.8 Å². The number of alkyl halides is 3. The minimum Gasteiger partial charge on any atom is -0.444 e. The van der Waals surface area contributed by atoms with Gasteiger partial charge in [0.2, 0.25) is 5.60 Å². The molecule has 1 saturated heterocycles. The Balaban J connectivity index is 1.61. The molecule has 0 saturated carbocycles. The van der Waals surface area contributed by atoms with E-state index in [9.17, 15) is 27.9 Å². The number of nitrogens with zero attached hydrogens (tertiary/aromatic N) is 4. The van der Waals surface area contributed by atoms with Crippen LogP contribution in [-0.2, 0) is 27.2 Å². The summed E-state index contributed by atoms with van der Waals surface area (Å²) in [5.41, 5.74) is 0.271. The Hall–Kier alpha value is -2.98. The van der Waals surface area contributed by atoms with Gasteiger partial charge in [-0.3, -0.25) is 9.69 Å². The van der Waals surface area contributed by atoms with E-state index in [1.807, 2.05) is 12.1 Å². The lowest BCUT2D eigenvalue weighted by Gasteiger charge is -2.40. The van der Waals surface area contributed by atoms with Gasteiger partial charge >= 0.3 is 12.3 Å². The summed E-state index contributed by atoms with van der Waals surface area (Å²) in [5.74, 6) is -1.43. The molecule has 0 spiro atoms. The number of halogens is 4. The zero-order valence-corrected chi connectivity index (χ0v) is 25.7. The number of benzene rings is 1. The molecule has 14 heteroatoms. The van der Waals surface area contributed by atoms with Crippen LogP contribution in [0.2, 0.25) is 0 Å². The summed E-state index contributed by atoms with van der Waals surface area (Å²) in [6.45, 7) is 6.16. The molecule has 2 amide bonds. The highest BCUT2D eigenvalue weighted by Gasteiger charge is 2.57. The molecule has 0 aliphatic carbocycles. The van der Waals surface area contributed by atoms with E-state index in [2.05, 4.69) is 32.6 Å². The monoisotopic (exact) mass is 701 g/mol. The van der Waals surface area contributed by atoms with Crippen LogP contribution in [0.4, 0.5) is 18.0 Å². The molecule has 2 N–H and O–H groups in total. The fourth-order valence-electron chi connectivity index (χ4n) is 5.15. The van der Waals surface area contributed by atoms with E-state index in [1.165, 1.54) is 0 Å². The van der Waals surface area contributed by atoms with Crippen molar-refractivity contribution < 1.29 is 37.3 Å². The number of aliphatic hydroxyl groups is 1. The van der Waals surface area contributed by atoms with Gasteiger partial charge in [0, 0.05) is 31.4 Å². The highest BCUT2D eigenvalue weighted by molar-refractivity contribution is 14.1. The van der Waals surface area contributed by atoms with Gasteiger partial charge in [-0.05, 0) is 85.5 Å². The van der Waals surface area contributed by atoms with Crippen LogP contribution in [-0.4, -0.2) is 85.5 Å². The average molecular weight is 701 g/mol. The van der Waals surface area contributed by atoms with Crippen LogP contribution in [0.15, 0.2) is 24.5 Å². The fraction of sp³-hybridized carbons (Fsp3) is 0.500. The van der Waals surface area contributed by atoms with E-state index in [-0.39, 0.29) is 39.3 Å². The van der Waals surface area contributed by atoms with E-state index >= 15 is 0 Å². The van der Waals surface area contributed by atoms with Gasteiger partial charge in [0.25, 0.3) is 5.91 Å². The zero-order valence-electron chi connectivity index (χ0n) is 23.5. The molecule has 3 aromatic rings. The molecule has 1 fully saturated rings. The highest BCUT2D eigenvalue weighted by Crippen LogP contribution is 2.38. The van der Waals surface area contributed by atoms with Gasteiger partial charge in [0.05, 0.1) is 34.7 Å². The summed E-state index contributed by atoms with van der Waals surface area (Å²) >= 11 is 2.16. The Kier molecular flexibility index (Phi) is 7.94. The number of rotatable bonds is 3. The first-order valence-electron chi connectivity index (χ1n) is 13.4. The molecule has 0 radical (unpaired) electrons. The van der Waals surface area contributed by atoms with Gasteiger partial charge in [-0.1, -0.05) is 0 Å². The van der Waals surface area contributed by atoms with Crippen LogP contribution >= 0.6 is 22.6 Å². The minimum absolute atomic E-state index is 0.0294. The van der Waals surface area contributed by atoms with Crippen molar-refractivity contribution in [1.82, 2.24) is 24.8 Å². The van der Waals surface area contributed by atoms with Crippen LogP contribution in [0.1, 0.15) is 50.4 Å². The number of carbonyl (C=O) groups excluding carboxylic acids is 2. The van der Waals surface area contributed by atoms with E-state index in [0.717, 1.165) is 14.0 Å². The van der Waals surface area contributed by atoms with Crippen LogP contribution in [0, 0.1) is 3.57 Å². The molecule has 4 heterocycles. The van der Waals surface area contributed by atoms with Crippen molar-refractivity contribution in [3.05, 3.63) is 44.8 Å². The fourth-order valence-corrected chi connectivity index (χ4v) is 5.68. The second-order valence-electron chi connectivity index (χ2n) is 11.6. The number of fused-ring (bicyclic) bond motifs is 2. The third kappa shape index (κ3) is 5.80. The van der Waals surface area contributed by atoms with Crippen LogP contribution in [0.25, 0.3) is 22.4 Å². The van der Waals surface area contributed by atoms with E-state index in [0.29, 0.717) is 40.5 Å². The lowest BCUT2D eigenvalue weighted by molar-refractivity contribution is -0.250. The third-order valence-electron chi connectivity index (χ3n) is 7.38. The lowest BCUT2D eigenvalue weighted by Crippen LogP contribution is -2.57. The largest absolute Gasteiger partial charge is 0.444 e. The summed E-state index contributed by atoms with van der Waals surface area (Å²) in [4.78, 5) is 41.1. The maximum absolute atomic E-state index is 13.5. The van der Waals surface area contributed by atoms with Gasteiger partial charge in [0.15, 0.2) is 5.65 Å². The number of morpholine rings is 1. The number of ether oxygens (including phenoxy) is 2. The van der Waals surface area contributed by atoms with Crippen molar-refractivity contribution in [2.75, 3.05) is 26.3 Å². The zero-order chi connectivity index (χ0) is 30.6. The molecule has 226 valence electrons. The average Bonchev–Trinajstić information content (AvgIpc) is 3.30. The topological polar surface area (TPSA) is 121 Å². The summed E-state index contributed by atoms with van der Waals surface area (Å²) in [7, 11) is 0. The molecular formula is C28H31F3IN5O5. The Morgan fingerprint density at radius 3 is 2.62 bits per heavy atom. The maximum Gasteiger partial charge on any atom is 0.426 e. The first kappa shape index (κ1) is 30.5. The van der Waals surface area contributed by atoms with Gasteiger partial charge < -0.3 is 24.5 Å². The van der Waals surface area contributed by atoms with E-state index in [4.69, 9.17) is 14.5 Å². The van der Waals surface area contributed by atoms with Crippen molar-refractivity contribution in [3.63, 3.8) is 0 Å². The van der Waals surface area contributed by atoms with Crippen LogP contribution in [0.5, 0.6) is 0 Å². The number of amides is 2. The Morgan fingerprint density at radius 1 is 1.19 bits per heavy atom. The van der Waals surface area contributed by atoms with Gasteiger partial charge in [-0.2, -0.15) is 13.2 Å². The summed E-state index contributed by atoms with van der Waals surface area (Å²) in [5, 5.41) is 10.1. The summed E-state index contributed by atoms with van der Waals surface area (Å²) < 4.78 is 53.0. The predicted molar refractivity (Wildman–Crippen MR) is 154 cm³/mol. The summed E-state index contributed by atoms with van der Waals surface area (Å²) in [6, 6.07) is 3.06. The summed E-state index contributed by atoms with van der Waals surface area (Å²) in [6.07, 6.45) is -2.04. The second-order valence-corrected chi connectivity index (χ2v) is 12.8. The number of H-pyrrole nitrogens is 1. The molecular weight excluding hydrogens is 670 g/mol. The molecule has 1 aromatic carbocycles.